The van der Waals surface area contributed by atoms with Gasteiger partial charge in [0.05, 0.1) is 0 Å². The van der Waals surface area contributed by atoms with Gasteiger partial charge in [0.25, 0.3) is 0 Å². The first kappa shape index (κ1) is 12.7. The Hall–Kier alpha value is -0.300. The Morgan fingerprint density at radius 2 is 1.85 bits per heavy atom. The molecule has 0 amide bonds. The summed E-state index contributed by atoms with van der Waals surface area (Å²) in [6.07, 6.45) is 6.11. The quantitative estimate of drug-likeness (QED) is 0.546. The smallest absolute Gasteiger partial charge is 0.0189 e. The predicted molar refractivity (Wildman–Crippen MR) is 61.1 cm³/mol. The lowest BCUT2D eigenvalue weighted by Gasteiger charge is -2.21. The standard InChI is InChI=1S/C12H25N/c1-5-8-10-13(9-6-2)11-12(4)7-3/h7H,5-6,8-11H2,1-4H3/b12-7+. The van der Waals surface area contributed by atoms with E-state index in [2.05, 4.69) is 38.7 Å². The number of hydrogen-bond donors (Lipinski definition) is 0. The van der Waals surface area contributed by atoms with Crippen molar-refractivity contribution in [3.8, 4) is 0 Å². The molecule has 78 valence electrons. The van der Waals surface area contributed by atoms with E-state index in [0.29, 0.717) is 0 Å². The summed E-state index contributed by atoms with van der Waals surface area (Å²) in [6, 6.07) is 0. The van der Waals surface area contributed by atoms with E-state index in [9.17, 15) is 0 Å². The number of hydrogen-bond acceptors (Lipinski definition) is 1. The van der Waals surface area contributed by atoms with Crippen molar-refractivity contribution in [3.63, 3.8) is 0 Å². The minimum atomic E-state index is 1.16. The monoisotopic (exact) mass is 183 g/mol. The van der Waals surface area contributed by atoms with Crippen LogP contribution in [0.3, 0.4) is 0 Å². The van der Waals surface area contributed by atoms with E-state index in [1.165, 1.54) is 37.9 Å². The highest BCUT2D eigenvalue weighted by Crippen LogP contribution is 2.02. The van der Waals surface area contributed by atoms with Gasteiger partial charge in [-0.1, -0.05) is 31.9 Å². The van der Waals surface area contributed by atoms with Crippen LogP contribution in [0.15, 0.2) is 11.6 Å². The Morgan fingerprint density at radius 3 is 2.31 bits per heavy atom. The summed E-state index contributed by atoms with van der Waals surface area (Å²) in [4.78, 5) is 2.55. The molecule has 0 radical (unpaired) electrons. The van der Waals surface area contributed by atoms with E-state index < -0.39 is 0 Å². The first-order valence-corrected chi connectivity index (χ1v) is 5.58. The topological polar surface area (TPSA) is 3.24 Å². The molecule has 0 atom stereocenters. The molecule has 0 fully saturated rings. The van der Waals surface area contributed by atoms with E-state index >= 15 is 0 Å². The summed E-state index contributed by atoms with van der Waals surface area (Å²) in [5.41, 5.74) is 1.49. The lowest BCUT2D eigenvalue weighted by Crippen LogP contribution is -2.27. The second kappa shape index (κ2) is 8.31. The zero-order valence-corrected chi connectivity index (χ0v) is 9.77. The van der Waals surface area contributed by atoms with E-state index in [1.54, 1.807) is 0 Å². The van der Waals surface area contributed by atoms with Gasteiger partial charge in [0.1, 0.15) is 0 Å². The van der Waals surface area contributed by atoms with Crippen LogP contribution in [0, 0.1) is 0 Å². The van der Waals surface area contributed by atoms with Gasteiger partial charge < -0.3 is 0 Å². The zero-order chi connectivity index (χ0) is 10.1. The molecular formula is C12H25N. The molecule has 0 aliphatic rings. The third-order valence-electron chi connectivity index (χ3n) is 2.33. The first-order chi connectivity index (χ1) is 6.24. The fourth-order valence-electron chi connectivity index (χ4n) is 1.41. The van der Waals surface area contributed by atoms with Crippen LogP contribution in [0.1, 0.15) is 47.0 Å². The van der Waals surface area contributed by atoms with Gasteiger partial charge in [0.15, 0.2) is 0 Å². The Labute approximate surface area is 83.8 Å². The molecule has 0 bridgehead atoms. The van der Waals surface area contributed by atoms with Crippen molar-refractivity contribution in [2.24, 2.45) is 0 Å². The van der Waals surface area contributed by atoms with E-state index in [1.807, 2.05) is 0 Å². The number of unbranched alkanes of at least 4 members (excludes halogenated alkanes) is 1. The lowest BCUT2D eigenvalue weighted by molar-refractivity contribution is 0.291. The number of nitrogens with zero attached hydrogens (tertiary/aromatic N) is 1. The largest absolute Gasteiger partial charge is 0.299 e. The molecule has 1 heteroatoms. The molecule has 1 nitrogen and oxygen atoms in total. The third-order valence-corrected chi connectivity index (χ3v) is 2.33. The van der Waals surface area contributed by atoms with Gasteiger partial charge >= 0.3 is 0 Å². The third kappa shape index (κ3) is 6.83. The SMILES string of the molecule is C/C=C(\C)CN(CCC)CCCC. The van der Waals surface area contributed by atoms with Crippen LogP contribution in [-0.4, -0.2) is 24.5 Å². The van der Waals surface area contributed by atoms with Gasteiger partial charge in [-0.2, -0.15) is 0 Å². The summed E-state index contributed by atoms with van der Waals surface area (Å²) in [5.74, 6) is 0. The van der Waals surface area contributed by atoms with Crippen molar-refractivity contribution in [3.05, 3.63) is 11.6 Å². The molecule has 0 aromatic carbocycles. The summed E-state index contributed by atoms with van der Waals surface area (Å²) < 4.78 is 0. The number of rotatable bonds is 7. The second-order valence-electron chi connectivity index (χ2n) is 3.76. The molecule has 0 N–H and O–H groups in total. The molecule has 0 aromatic heterocycles. The van der Waals surface area contributed by atoms with Gasteiger partial charge in [-0.25, -0.2) is 0 Å². The fraction of sp³-hybridized carbons (Fsp3) is 0.833. The predicted octanol–water partition coefficient (Wildman–Crippen LogP) is 3.46. The highest BCUT2D eigenvalue weighted by molar-refractivity contribution is 4.98. The zero-order valence-electron chi connectivity index (χ0n) is 9.77. The van der Waals surface area contributed by atoms with Gasteiger partial charge in [-0.15, -0.1) is 0 Å². The Morgan fingerprint density at radius 1 is 1.15 bits per heavy atom. The number of allylic oxidation sites excluding steroid dienone is 1. The maximum absolute atomic E-state index is 2.55. The summed E-state index contributed by atoms with van der Waals surface area (Å²) in [7, 11) is 0. The molecule has 0 aliphatic heterocycles. The summed E-state index contributed by atoms with van der Waals surface area (Å²) >= 11 is 0. The Balaban J connectivity index is 3.79. The van der Waals surface area contributed by atoms with Gasteiger partial charge in [0.2, 0.25) is 0 Å². The normalized spacial score (nSPS) is 12.5. The minimum absolute atomic E-state index is 1.16. The first-order valence-electron chi connectivity index (χ1n) is 5.58. The van der Waals surface area contributed by atoms with Crippen molar-refractivity contribution < 1.29 is 0 Å². The molecule has 0 saturated heterocycles. The Kier molecular flexibility index (Phi) is 8.11. The molecular weight excluding hydrogens is 158 g/mol. The van der Waals surface area contributed by atoms with Gasteiger partial charge in [0, 0.05) is 6.54 Å². The average Bonchev–Trinajstić information content (AvgIpc) is 2.14. The molecule has 0 heterocycles. The molecule has 0 saturated carbocycles. The minimum Gasteiger partial charge on any atom is -0.299 e. The van der Waals surface area contributed by atoms with Crippen LogP contribution in [0.25, 0.3) is 0 Å². The maximum Gasteiger partial charge on any atom is 0.0189 e. The van der Waals surface area contributed by atoms with Gasteiger partial charge in [-0.05, 0) is 39.8 Å². The van der Waals surface area contributed by atoms with Crippen molar-refractivity contribution in [2.45, 2.75) is 47.0 Å². The van der Waals surface area contributed by atoms with Crippen LogP contribution in [-0.2, 0) is 0 Å². The molecule has 0 unspecified atom stereocenters. The van der Waals surface area contributed by atoms with Crippen LogP contribution >= 0.6 is 0 Å². The Bertz CT molecular complexity index is 138. The van der Waals surface area contributed by atoms with Crippen LogP contribution < -0.4 is 0 Å². The molecule has 13 heavy (non-hydrogen) atoms. The molecule has 0 spiro atoms. The molecule has 0 aromatic rings. The highest BCUT2D eigenvalue weighted by atomic mass is 15.1. The average molecular weight is 183 g/mol. The fourth-order valence-corrected chi connectivity index (χ4v) is 1.41. The van der Waals surface area contributed by atoms with Crippen molar-refractivity contribution in [2.75, 3.05) is 19.6 Å². The van der Waals surface area contributed by atoms with Gasteiger partial charge in [-0.3, -0.25) is 4.90 Å². The van der Waals surface area contributed by atoms with E-state index in [-0.39, 0.29) is 0 Å². The van der Waals surface area contributed by atoms with Crippen molar-refractivity contribution in [1.29, 1.82) is 0 Å². The second-order valence-corrected chi connectivity index (χ2v) is 3.76. The maximum atomic E-state index is 2.55. The molecule has 0 rings (SSSR count). The van der Waals surface area contributed by atoms with Crippen LogP contribution in [0.5, 0.6) is 0 Å². The summed E-state index contributed by atoms with van der Waals surface area (Å²) in [6.45, 7) is 12.5. The molecule has 0 aliphatic carbocycles. The van der Waals surface area contributed by atoms with E-state index in [4.69, 9.17) is 0 Å². The van der Waals surface area contributed by atoms with E-state index in [0.717, 1.165) is 6.54 Å². The lowest BCUT2D eigenvalue weighted by atomic mass is 10.2. The van der Waals surface area contributed by atoms with Crippen molar-refractivity contribution >= 4 is 0 Å². The van der Waals surface area contributed by atoms with Crippen molar-refractivity contribution in [1.82, 2.24) is 4.90 Å². The van der Waals surface area contributed by atoms with Crippen LogP contribution in [0.2, 0.25) is 0 Å². The van der Waals surface area contributed by atoms with Crippen LogP contribution in [0.4, 0.5) is 0 Å². The summed E-state index contributed by atoms with van der Waals surface area (Å²) in [5, 5.41) is 0. The highest BCUT2D eigenvalue weighted by Gasteiger charge is 2.02.